The molecule has 2 unspecified atom stereocenters. The first kappa shape index (κ1) is 14.9. The van der Waals surface area contributed by atoms with Crippen LogP contribution in [-0.4, -0.2) is 75.9 Å². The second-order valence-electron chi connectivity index (χ2n) is 5.30. The number of hydrogen-bond donors (Lipinski definition) is 1. The van der Waals surface area contributed by atoms with Crippen LogP contribution >= 0.6 is 0 Å². The monoisotopic (exact) mass is 243 g/mol. The van der Waals surface area contributed by atoms with E-state index in [0.29, 0.717) is 12.1 Å². The molecule has 0 bridgehead atoms. The van der Waals surface area contributed by atoms with E-state index in [2.05, 4.69) is 36.1 Å². The van der Waals surface area contributed by atoms with Crippen LogP contribution in [0.2, 0.25) is 0 Å². The van der Waals surface area contributed by atoms with E-state index < -0.39 is 0 Å². The van der Waals surface area contributed by atoms with Gasteiger partial charge in [0, 0.05) is 39.3 Å². The lowest BCUT2D eigenvalue weighted by molar-refractivity contribution is 0.115. The lowest BCUT2D eigenvalue weighted by Crippen LogP contribution is -2.40. The second kappa shape index (κ2) is 8.03. The van der Waals surface area contributed by atoms with Crippen molar-refractivity contribution in [3.05, 3.63) is 0 Å². The predicted molar refractivity (Wildman–Crippen MR) is 72.5 cm³/mol. The summed E-state index contributed by atoms with van der Waals surface area (Å²) in [6, 6.07) is 0.605. The Morgan fingerprint density at radius 2 is 2.00 bits per heavy atom. The van der Waals surface area contributed by atoms with Crippen molar-refractivity contribution in [1.82, 2.24) is 15.1 Å². The molecule has 0 aromatic heterocycles. The van der Waals surface area contributed by atoms with Crippen molar-refractivity contribution >= 4 is 0 Å². The summed E-state index contributed by atoms with van der Waals surface area (Å²) in [6.07, 6.45) is 2.80. The van der Waals surface area contributed by atoms with Crippen LogP contribution in [0.4, 0.5) is 0 Å². The first-order chi connectivity index (χ1) is 8.15. The smallest absolute Gasteiger partial charge is 0.0711 e. The summed E-state index contributed by atoms with van der Waals surface area (Å²) in [7, 11) is 6.09. The van der Waals surface area contributed by atoms with Crippen LogP contribution < -0.4 is 5.32 Å². The van der Waals surface area contributed by atoms with Crippen molar-refractivity contribution in [3.63, 3.8) is 0 Å². The molecule has 4 nitrogen and oxygen atoms in total. The molecule has 0 amide bonds. The van der Waals surface area contributed by atoms with Gasteiger partial charge in [0.05, 0.1) is 6.10 Å². The summed E-state index contributed by atoms with van der Waals surface area (Å²) in [5.74, 6) is 0. The second-order valence-corrected chi connectivity index (χ2v) is 5.30. The molecule has 0 aliphatic carbocycles. The minimum absolute atomic E-state index is 0.414. The van der Waals surface area contributed by atoms with Gasteiger partial charge in [-0.05, 0) is 33.5 Å². The van der Waals surface area contributed by atoms with Gasteiger partial charge < -0.3 is 19.9 Å². The number of ether oxygens (including phenoxy) is 1. The molecule has 1 N–H and O–H groups in total. The van der Waals surface area contributed by atoms with Gasteiger partial charge >= 0.3 is 0 Å². The van der Waals surface area contributed by atoms with Crippen molar-refractivity contribution < 1.29 is 4.74 Å². The van der Waals surface area contributed by atoms with Crippen molar-refractivity contribution in [1.29, 1.82) is 0 Å². The summed E-state index contributed by atoms with van der Waals surface area (Å²) in [5.41, 5.74) is 0. The molecule has 4 heteroatoms. The number of hydrogen-bond acceptors (Lipinski definition) is 4. The molecule has 0 saturated carbocycles. The Hall–Kier alpha value is -0.160. The minimum Gasteiger partial charge on any atom is -0.380 e. The van der Waals surface area contributed by atoms with Crippen LogP contribution in [0.5, 0.6) is 0 Å². The number of methoxy groups -OCH3 is 1. The van der Waals surface area contributed by atoms with Gasteiger partial charge in [0.15, 0.2) is 0 Å². The molecular weight excluding hydrogens is 214 g/mol. The lowest BCUT2D eigenvalue weighted by atomic mass is 10.2. The Bertz CT molecular complexity index is 199. The fourth-order valence-electron chi connectivity index (χ4n) is 2.36. The Kier molecular flexibility index (Phi) is 7.04. The van der Waals surface area contributed by atoms with Crippen LogP contribution in [-0.2, 0) is 4.74 Å². The van der Waals surface area contributed by atoms with E-state index in [0.717, 1.165) is 32.6 Å². The third-order valence-electron chi connectivity index (χ3n) is 3.40. The minimum atomic E-state index is 0.414. The van der Waals surface area contributed by atoms with E-state index in [1.54, 1.807) is 0 Å². The van der Waals surface area contributed by atoms with Crippen molar-refractivity contribution in [3.8, 4) is 0 Å². The maximum absolute atomic E-state index is 5.39. The number of nitrogens with one attached hydrogen (secondary N) is 1. The van der Waals surface area contributed by atoms with E-state index in [-0.39, 0.29) is 0 Å². The topological polar surface area (TPSA) is 27.7 Å². The van der Waals surface area contributed by atoms with Crippen LogP contribution in [0.3, 0.4) is 0 Å². The highest BCUT2D eigenvalue weighted by molar-refractivity contribution is 4.84. The normalized spacial score (nSPS) is 25.1. The van der Waals surface area contributed by atoms with Gasteiger partial charge in [-0.2, -0.15) is 0 Å². The molecular formula is C13H29N3O. The van der Waals surface area contributed by atoms with Crippen molar-refractivity contribution in [2.24, 2.45) is 0 Å². The summed E-state index contributed by atoms with van der Waals surface area (Å²) in [6.45, 7) is 7.92. The highest BCUT2D eigenvalue weighted by Crippen LogP contribution is 2.11. The van der Waals surface area contributed by atoms with Crippen LogP contribution in [0.1, 0.15) is 19.8 Å². The highest BCUT2D eigenvalue weighted by Gasteiger charge is 2.25. The fraction of sp³-hybridized carbons (Fsp3) is 1.00. The van der Waals surface area contributed by atoms with Crippen molar-refractivity contribution in [2.75, 3.05) is 53.9 Å². The summed E-state index contributed by atoms with van der Waals surface area (Å²) in [5, 5.41) is 3.55. The standard InChI is InChI=1S/C13H29N3O/c1-5-6-16(8-7-15(2)3)11-12-9-13(17-4)10-14-12/h12-14H,5-11H2,1-4H3. The van der Waals surface area contributed by atoms with Gasteiger partial charge in [0.25, 0.3) is 0 Å². The molecule has 0 aromatic rings. The molecule has 1 aliphatic heterocycles. The van der Waals surface area contributed by atoms with Crippen LogP contribution in [0.25, 0.3) is 0 Å². The zero-order valence-electron chi connectivity index (χ0n) is 11.9. The molecule has 0 spiro atoms. The zero-order chi connectivity index (χ0) is 12.7. The van der Waals surface area contributed by atoms with Gasteiger partial charge in [-0.25, -0.2) is 0 Å². The Morgan fingerprint density at radius 3 is 2.53 bits per heavy atom. The maximum Gasteiger partial charge on any atom is 0.0711 e. The predicted octanol–water partition coefficient (Wildman–Crippen LogP) is 0.637. The number of rotatable bonds is 8. The first-order valence-electron chi connectivity index (χ1n) is 6.79. The molecule has 1 aliphatic rings. The fourth-order valence-corrected chi connectivity index (χ4v) is 2.36. The average molecular weight is 243 g/mol. The van der Waals surface area contributed by atoms with Gasteiger partial charge in [-0.3, -0.25) is 0 Å². The SMILES string of the molecule is CCCN(CCN(C)C)CC1CC(OC)CN1. The third kappa shape index (κ3) is 5.82. The Labute approximate surface area is 106 Å². The van der Waals surface area contributed by atoms with E-state index >= 15 is 0 Å². The maximum atomic E-state index is 5.39. The molecule has 102 valence electrons. The largest absolute Gasteiger partial charge is 0.380 e. The first-order valence-corrected chi connectivity index (χ1v) is 6.79. The Morgan fingerprint density at radius 1 is 1.24 bits per heavy atom. The van der Waals surface area contributed by atoms with Crippen LogP contribution in [0, 0.1) is 0 Å². The van der Waals surface area contributed by atoms with Gasteiger partial charge in [-0.15, -0.1) is 0 Å². The molecule has 0 radical (unpaired) electrons. The average Bonchev–Trinajstić information content (AvgIpc) is 2.74. The molecule has 1 fully saturated rings. The highest BCUT2D eigenvalue weighted by atomic mass is 16.5. The van der Waals surface area contributed by atoms with E-state index in [1.807, 2.05) is 7.11 Å². The zero-order valence-corrected chi connectivity index (χ0v) is 11.9. The van der Waals surface area contributed by atoms with Crippen molar-refractivity contribution in [2.45, 2.75) is 31.9 Å². The third-order valence-corrected chi connectivity index (χ3v) is 3.40. The summed E-state index contributed by atoms with van der Waals surface area (Å²) < 4.78 is 5.39. The molecule has 0 aromatic carbocycles. The quantitative estimate of drug-likeness (QED) is 0.677. The van der Waals surface area contributed by atoms with E-state index in [9.17, 15) is 0 Å². The van der Waals surface area contributed by atoms with Gasteiger partial charge in [-0.1, -0.05) is 6.92 Å². The number of likely N-dealkylation sites (N-methyl/N-ethyl adjacent to an activating group) is 1. The summed E-state index contributed by atoms with van der Waals surface area (Å²) >= 11 is 0. The van der Waals surface area contributed by atoms with E-state index in [4.69, 9.17) is 4.74 Å². The van der Waals surface area contributed by atoms with E-state index in [1.165, 1.54) is 13.0 Å². The molecule has 1 saturated heterocycles. The van der Waals surface area contributed by atoms with Crippen LogP contribution in [0.15, 0.2) is 0 Å². The molecule has 1 rings (SSSR count). The molecule has 1 heterocycles. The molecule has 2 atom stereocenters. The molecule has 17 heavy (non-hydrogen) atoms. The summed E-state index contributed by atoms with van der Waals surface area (Å²) in [4.78, 5) is 4.82. The van der Waals surface area contributed by atoms with Gasteiger partial charge in [0.1, 0.15) is 0 Å². The lowest BCUT2D eigenvalue weighted by Gasteiger charge is -2.26. The van der Waals surface area contributed by atoms with Gasteiger partial charge in [0.2, 0.25) is 0 Å². The Balaban J connectivity index is 2.28. The number of nitrogens with zero attached hydrogens (tertiary/aromatic N) is 2.